The van der Waals surface area contributed by atoms with Crippen molar-refractivity contribution < 1.29 is 4.79 Å². The summed E-state index contributed by atoms with van der Waals surface area (Å²) in [5, 5.41) is 3.13. The maximum atomic E-state index is 13.0. The molecule has 1 saturated heterocycles. The van der Waals surface area contributed by atoms with E-state index in [-0.39, 0.29) is 11.9 Å². The van der Waals surface area contributed by atoms with E-state index in [1.54, 1.807) is 6.20 Å². The van der Waals surface area contributed by atoms with Crippen molar-refractivity contribution in [1.82, 2.24) is 14.5 Å². The van der Waals surface area contributed by atoms with E-state index in [4.69, 9.17) is 0 Å². The SMILES string of the molecule is Cc1cccc(-c2cccc(NC(=O)[C@@H]3CCCN3Cc3nccn3C)c2)c1. The molecule has 1 aliphatic heterocycles. The van der Waals surface area contributed by atoms with Crippen LogP contribution in [0.2, 0.25) is 0 Å². The number of carbonyl (C=O) groups excluding carboxylic acids is 1. The van der Waals surface area contributed by atoms with Gasteiger partial charge in [0.05, 0.1) is 12.6 Å². The molecule has 0 bridgehead atoms. The van der Waals surface area contributed by atoms with Crippen LogP contribution in [0, 0.1) is 6.92 Å². The predicted octanol–water partition coefficient (Wildman–Crippen LogP) is 4.00. The number of hydrogen-bond acceptors (Lipinski definition) is 3. The van der Waals surface area contributed by atoms with E-state index in [9.17, 15) is 4.79 Å². The van der Waals surface area contributed by atoms with E-state index >= 15 is 0 Å². The molecule has 5 heteroatoms. The Morgan fingerprint density at radius 1 is 1.18 bits per heavy atom. The van der Waals surface area contributed by atoms with Crippen LogP contribution in [0.5, 0.6) is 0 Å². The molecule has 1 atom stereocenters. The molecule has 0 radical (unpaired) electrons. The minimum absolute atomic E-state index is 0.0631. The number of nitrogens with zero attached hydrogens (tertiary/aromatic N) is 3. The van der Waals surface area contributed by atoms with Crippen LogP contribution in [0.4, 0.5) is 5.69 Å². The van der Waals surface area contributed by atoms with Gasteiger partial charge in [0.15, 0.2) is 0 Å². The third-order valence-corrected chi connectivity index (χ3v) is 5.41. The first-order valence-corrected chi connectivity index (χ1v) is 9.78. The largest absolute Gasteiger partial charge is 0.337 e. The Kier molecular flexibility index (Phi) is 5.26. The standard InChI is InChI=1S/C23H26N4O/c1-17-6-3-7-18(14-17)19-8-4-9-20(15-19)25-23(28)21-10-5-12-27(21)16-22-24-11-13-26(22)2/h3-4,6-9,11,13-15,21H,5,10,12,16H2,1-2H3,(H,25,28)/t21-/m0/s1. The van der Waals surface area contributed by atoms with E-state index in [1.165, 1.54) is 5.56 Å². The highest BCUT2D eigenvalue weighted by atomic mass is 16.2. The van der Waals surface area contributed by atoms with Gasteiger partial charge in [-0.3, -0.25) is 9.69 Å². The Bertz CT molecular complexity index is 978. The first kappa shape index (κ1) is 18.4. The number of aryl methyl sites for hydroxylation is 2. The second kappa shape index (κ2) is 7.98. The minimum atomic E-state index is -0.112. The number of imidazole rings is 1. The molecule has 2 aromatic carbocycles. The fourth-order valence-corrected chi connectivity index (χ4v) is 3.87. The Labute approximate surface area is 166 Å². The second-order valence-corrected chi connectivity index (χ2v) is 7.52. The average molecular weight is 374 g/mol. The van der Waals surface area contributed by atoms with Gasteiger partial charge in [0.25, 0.3) is 0 Å². The monoisotopic (exact) mass is 374 g/mol. The van der Waals surface area contributed by atoms with Gasteiger partial charge in [0, 0.05) is 25.1 Å². The van der Waals surface area contributed by atoms with Crippen molar-refractivity contribution in [3.63, 3.8) is 0 Å². The lowest BCUT2D eigenvalue weighted by Crippen LogP contribution is -2.39. The van der Waals surface area contributed by atoms with Gasteiger partial charge in [-0.15, -0.1) is 0 Å². The fourth-order valence-electron chi connectivity index (χ4n) is 3.87. The van der Waals surface area contributed by atoms with Gasteiger partial charge in [-0.1, -0.05) is 42.0 Å². The lowest BCUT2D eigenvalue weighted by Gasteiger charge is -2.23. The smallest absolute Gasteiger partial charge is 0.241 e. The van der Waals surface area contributed by atoms with E-state index in [0.29, 0.717) is 6.54 Å². The van der Waals surface area contributed by atoms with Gasteiger partial charge < -0.3 is 9.88 Å². The topological polar surface area (TPSA) is 50.2 Å². The quantitative estimate of drug-likeness (QED) is 0.734. The first-order chi connectivity index (χ1) is 13.6. The molecule has 1 fully saturated rings. The number of likely N-dealkylation sites (tertiary alicyclic amines) is 1. The zero-order valence-corrected chi connectivity index (χ0v) is 16.4. The molecule has 28 heavy (non-hydrogen) atoms. The molecule has 1 aliphatic rings. The van der Waals surface area contributed by atoms with Crippen LogP contribution in [0.3, 0.4) is 0 Å². The molecule has 5 nitrogen and oxygen atoms in total. The van der Waals surface area contributed by atoms with Gasteiger partial charge in [0.1, 0.15) is 5.82 Å². The van der Waals surface area contributed by atoms with Crippen molar-refractivity contribution in [3.05, 3.63) is 72.3 Å². The van der Waals surface area contributed by atoms with Crippen molar-refractivity contribution in [2.75, 3.05) is 11.9 Å². The van der Waals surface area contributed by atoms with Crippen molar-refractivity contribution in [2.45, 2.75) is 32.4 Å². The Morgan fingerprint density at radius 3 is 2.71 bits per heavy atom. The Balaban J connectivity index is 1.47. The van der Waals surface area contributed by atoms with Crippen LogP contribution in [0.25, 0.3) is 11.1 Å². The molecule has 1 amide bonds. The molecule has 0 aliphatic carbocycles. The van der Waals surface area contributed by atoms with Crippen molar-refractivity contribution in [2.24, 2.45) is 7.05 Å². The first-order valence-electron chi connectivity index (χ1n) is 9.78. The van der Waals surface area contributed by atoms with Crippen molar-refractivity contribution in [1.29, 1.82) is 0 Å². The fraction of sp³-hybridized carbons (Fsp3) is 0.304. The molecule has 1 aromatic heterocycles. The lowest BCUT2D eigenvalue weighted by molar-refractivity contribution is -0.120. The van der Waals surface area contributed by atoms with Gasteiger partial charge in [-0.2, -0.15) is 0 Å². The zero-order valence-electron chi connectivity index (χ0n) is 16.4. The van der Waals surface area contributed by atoms with Crippen molar-refractivity contribution >= 4 is 11.6 Å². The van der Waals surface area contributed by atoms with Crippen molar-refractivity contribution in [3.8, 4) is 11.1 Å². The third-order valence-electron chi connectivity index (χ3n) is 5.41. The van der Waals surface area contributed by atoms with Crippen LogP contribution in [0.1, 0.15) is 24.2 Å². The molecule has 0 saturated carbocycles. The number of carbonyl (C=O) groups is 1. The Hall–Kier alpha value is -2.92. The maximum absolute atomic E-state index is 13.0. The zero-order chi connectivity index (χ0) is 19.5. The molecule has 0 spiro atoms. The highest BCUT2D eigenvalue weighted by Crippen LogP contribution is 2.25. The molecule has 1 N–H and O–H groups in total. The molecule has 2 heterocycles. The highest BCUT2D eigenvalue weighted by Gasteiger charge is 2.31. The van der Waals surface area contributed by atoms with Crippen LogP contribution in [0.15, 0.2) is 60.9 Å². The van der Waals surface area contributed by atoms with Gasteiger partial charge in [0.2, 0.25) is 5.91 Å². The molecule has 4 rings (SSSR count). The average Bonchev–Trinajstić information content (AvgIpc) is 3.32. The summed E-state index contributed by atoms with van der Waals surface area (Å²) >= 11 is 0. The molecule has 144 valence electrons. The number of amides is 1. The summed E-state index contributed by atoms with van der Waals surface area (Å²) in [7, 11) is 1.99. The summed E-state index contributed by atoms with van der Waals surface area (Å²) in [4.78, 5) is 19.6. The maximum Gasteiger partial charge on any atom is 0.241 e. The number of aromatic nitrogens is 2. The summed E-state index contributed by atoms with van der Waals surface area (Å²) in [5.74, 6) is 1.05. The third kappa shape index (κ3) is 3.99. The molecule has 3 aromatic rings. The van der Waals surface area contributed by atoms with Crippen LogP contribution in [-0.4, -0.2) is 32.9 Å². The van der Waals surface area contributed by atoms with Gasteiger partial charge >= 0.3 is 0 Å². The van der Waals surface area contributed by atoms with Gasteiger partial charge in [-0.25, -0.2) is 4.98 Å². The normalized spacial score (nSPS) is 17.0. The van der Waals surface area contributed by atoms with Crippen LogP contribution in [-0.2, 0) is 18.4 Å². The van der Waals surface area contributed by atoms with Gasteiger partial charge in [-0.05, 0) is 49.6 Å². The van der Waals surface area contributed by atoms with E-state index in [1.807, 2.05) is 36.0 Å². The predicted molar refractivity (Wildman–Crippen MR) is 112 cm³/mol. The summed E-state index contributed by atoms with van der Waals surface area (Å²) in [5.41, 5.74) is 4.34. The number of hydrogen-bond donors (Lipinski definition) is 1. The van der Waals surface area contributed by atoms with Crippen LogP contribution >= 0.6 is 0 Å². The summed E-state index contributed by atoms with van der Waals surface area (Å²) < 4.78 is 2.01. The summed E-state index contributed by atoms with van der Waals surface area (Å²) in [6.07, 6.45) is 5.66. The molecular weight excluding hydrogens is 348 g/mol. The lowest BCUT2D eigenvalue weighted by atomic mass is 10.0. The van der Waals surface area contributed by atoms with E-state index in [0.717, 1.165) is 42.0 Å². The summed E-state index contributed by atoms with van der Waals surface area (Å²) in [6, 6.07) is 16.4. The highest BCUT2D eigenvalue weighted by molar-refractivity contribution is 5.95. The number of nitrogens with one attached hydrogen (secondary N) is 1. The number of anilines is 1. The van der Waals surface area contributed by atoms with E-state index in [2.05, 4.69) is 52.5 Å². The Morgan fingerprint density at radius 2 is 1.96 bits per heavy atom. The summed E-state index contributed by atoms with van der Waals surface area (Å²) in [6.45, 7) is 3.71. The minimum Gasteiger partial charge on any atom is -0.337 e. The molecule has 0 unspecified atom stereocenters. The van der Waals surface area contributed by atoms with Crippen LogP contribution < -0.4 is 5.32 Å². The number of benzene rings is 2. The number of rotatable bonds is 5. The molecular formula is C23H26N4O. The van der Waals surface area contributed by atoms with E-state index < -0.39 is 0 Å². The second-order valence-electron chi connectivity index (χ2n) is 7.52.